The number of carbonyl (C=O) groups excluding carboxylic acids is 1. The lowest BCUT2D eigenvalue weighted by Crippen LogP contribution is -1.77. The van der Waals surface area contributed by atoms with E-state index in [0.29, 0.717) is 11.8 Å². The molecule has 3 heteroatoms. The van der Waals surface area contributed by atoms with E-state index in [1.165, 1.54) is 18.2 Å². The van der Waals surface area contributed by atoms with Gasteiger partial charge in [0.2, 0.25) is 5.75 Å². The van der Waals surface area contributed by atoms with Crippen molar-refractivity contribution >= 4 is 6.29 Å². The highest BCUT2D eigenvalue weighted by Gasteiger charge is 2.02. The molecule has 10 heavy (non-hydrogen) atoms. The van der Waals surface area contributed by atoms with E-state index in [9.17, 15) is 4.79 Å². The molecule has 1 rings (SSSR count). The van der Waals surface area contributed by atoms with E-state index >= 15 is 0 Å². The van der Waals surface area contributed by atoms with Crippen molar-refractivity contribution in [2.45, 2.75) is 0 Å². The fourth-order valence-corrected chi connectivity index (χ4v) is 0.622. The average Bonchev–Trinajstić information content (AvgIpc) is 1.95. The van der Waals surface area contributed by atoms with Crippen LogP contribution in [0.25, 0.3) is 0 Å². The standard InChI is InChI=1S/C7H6O3/c8-4-5-1-2-6(9)7(10)3-5/h1-4,9-10H/p+1. The third-order valence-electron chi connectivity index (χ3n) is 1.16. The maximum absolute atomic E-state index is 10.1. The van der Waals surface area contributed by atoms with Crippen LogP contribution in [0.2, 0.25) is 0 Å². The van der Waals surface area contributed by atoms with Crippen LogP contribution < -0.4 is 0 Å². The number of phenolic OH excluding ortho intramolecular Hbond substituents is 1. The molecule has 1 aromatic rings. The Morgan fingerprint density at radius 3 is 2.70 bits per heavy atom. The molecule has 3 N–H and O–H groups in total. The fourth-order valence-electron chi connectivity index (χ4n) is 0.622. The quantitative estimate of drug-likeness (QED) is 0.458. The fraction of sp³-hybridized carbons (Fsp3) is 0. The molecule has 0 saturated heterocycles. The number of benzene rings is 1. The molecule has 0 unspecified atom stereocenters. The molecular formula is C7H7O3+. The van der Waals surface area contributed by atoms with E-state index in [-0.39, 0.29) is 11.5 Å². The van der Waals surface area contributed by atoms with Crippen LogP contribution in [0.4, 0.5) is 0 Å². The van der Waals surface area contributed by atoms with Crippen LogP contribution in [0, 0.1) is 0 Å². The van der Waals surface area contributed by atoms with Crippen molar-refractivity contribution < 1.29 is 15.0 Å². The van der Waals surface area contributed by atoms with Crippen LogP contribution in [0.5, 0.6) is 11.5 Å². The summed E-state index contributed by atoms with van der Waals surface area (Å²) in [5.74, 6) is -0.129. The molecule has 52 valence electrons. The van der Waals surface area contributed by atoms with Crippen molar-refractivity contribution in [3.05, 3.63) is 23.8 Å². The summed E-state index contributed by atoms with van der Waals surface area (Å²) < 4.78 is 0. The maximum atomic E-state index is 10.1. The lowest BCUT2D eigenvalue weighted by atomic mass is 10.2. The van der Waals surface area contributed by atoms with Crippen molar-refractivity contribution in [3.63, 3.8) is 0 Å². The summed E-state index contributed by atoms with van der Waals surface area (Å²) in [6.07, 6.45) is 0.624. The molecule has 3 nitrogen and oxygen atoms in total. The molecule has 0 aliphatic heterocycles. The Morgan fingerprint density at radius 2 is 2.20 bits per heavy atom. The number of phenols is 1. The first kappa shape index (κ1) is 6.61. The summed E-state index contributed by atoms with van der Waals surface area (Å²) in [5.41, 5.74) is 0.383. The summed E-state index contributed by atoms with van der Waals surface area (Å²) in [4.78, 5) is 10.1. The number of hydrogen-bond donors (Lipinski definition) is 1. The number of aldehydes is 1. The summed E-state index contributed by atoms with van der Waals surface area (Å²) in [7, 11) is 0. The van der Waals surface area contributed by atoms with Gasteiger partial charge in [-0.2, -0.15) is 0 Å². The minimum atomic E-state index is -0.162. The van der Waals surface area contributed by atoms with Crippen LogP contribution in [0.15, 0.2) is 18.2 Å². The molecule has 0 aromatic heterocycles. The Balaban J connectivity index is 3.16. The van der Waals surface area contributed by atoms with Crippen molar-refractivity contribution in [3.8, 4) is 11.5 Å². The van der Waals surface area contributed by atoms with Crippen LogP contribution in [0.3, 0.4) is 0 Å². The van der Waals surface area contributed by atoms with E-state index in [4.69, 9.17) is 10.2 Å². The Kier molecular flexibility index (Phi) is 1.58. The van der Waals surface area contributed by atoms with Gasteiger partial charge in [0.1, 0.15) is 6.29 Å². The van der Waals surface area contributed by atoms with E-state index in [2.05, 4.69) is 0 Å². The number of carbonyl (C=O) groups is 1. The van der Waals surface area contributed by atoms with Gasteiger partial charge in [0.15, 0.2) is 0 Å². The third-order valence-corrected chi connectivity index (χ3v) is 1.16. The SMILES string of the molecule is O=Cc1ccc([OH2+])c(O)c1. The second kappa shape index (κ2) is 2.39. The van der Waals surface area contributed by atoms with Crippen LogP contribution >= 0.6 is 0 Å². The lowest BCUT2D eigenvalue weighted by molar-refractivity contribution is 0.112. The normalized spacial score (nSPS) is 9.20. The molecule has 0 atom stereocenters. The predicted molar refractivity (Wildman–Crippen MR) is 36.6 cm³/mol. The minimum Gasteiger partial charge on any atom is -0.591 e. The summed E-state index contributed by atoms with van der Waals surface area (Å²) in [6, 6.07) is 4.11. The van der Waals surface area contributed by atoms with Gasteiger partial charge < -0.3 is 10.2 Å². The van der Waals surface area contributed by atoms with Gasteiger partial charge >= 0.3 is 0 Å². The highest BCUT2D eigenvalue weighted by molar-refractivity contribution is 5.76. The smallest absolute Gasteiger partial charge is 0.296 e. The van der Waals surface area contributed by atoms with Crippen molar-refractivity contribution in [1.82, 2.24) is 0 Å². The van der Waals surface area contributed by atoms with Crippen molar-refractivity contribution in [1.29, 1.82) is 0 Å². The lowest BCUT2D eigenvalue weighted by Gasteiger charge is -1.92. The Labute approximate surface area is 57.5 Å². The molecular weight excluding hydrogens is 132 g/mol. The maximum Gasteiger partial charge on any atom is 0.296 e. The van der Waals surface area contributed by atoms with Gasteiger partial charge in [0.25, 0.3) is 5.75 Å². The summed E-state index contributed by atoms with van der Waals surface area (Å²) in [5, 5.41) is 15.9. The Hall–Kier alpha value is -1.51. The van der Waals surface area contributed by atoms with Gasteiger partial charge in [-0.1, -0.05) is 0 Å². The number of rotatable bonds is 1. The second-order valence-electron chi connectivity index (χ2n) is 1.89. The second-order valence-corrected chi connectivity index (χ2v) is 1.89. The van der Waals surface area contributed by atoms with E-state index in [0.717, 1.165) is 0 Å². The van der Waals surface area contributed by atoms with Crippen molar-refractivity contribution in [2.24, 2.45) is 0 Å². The van der Waals surface area contributed by atoms with E-state index in [1.807, 2.05) is 0 Å². The molecule has 0 aliphatic carbocycles. The van der Waals surface area contributed by atoms with Crippen LogP contribution in [0.1, 0.15) is 10.4 Å². The molecule has 0 radical (unpaired) electrons. The van der Waals surface area contributed by atoms with Gasteiger partial charge in [-0.25, -0.2) is 0 Å². The van der Waals surface area contributed by atoms with Gasteiger partial charge in [-0.3, -0.25) is 4.79 Å². The van der Waals surface area contributed by atoms with Gasteiger partial charge in [0, 0.05) is 11.6 Å². The van der Waals surface area contributed by atoms with E-state index < -0.39 is 0 Å². The van der Waals surface area contributed by atoms with Crippen LogP contribution in [-0.4, -0.2) is 16.5 Å². The van der Waals surface area contributed by atoms with Gasteiger partial charge in [-0.05, 0) is 12.1 Å². The Bertz CT molecular complexity index is 255. The predicted octanol–water partition coefficient (Wildman–Crippen LogP) is 0.643. The Morgan fingerprint density at radius 1 is 1.50 bits per heavy atom. The van der Waals surface area contributed by atoms with Gasteiger partial charge in [0.05, 0.1) is 0 Å². The van der Waals surface area contributed by atoms with Crippen LogP contribution in [-0.2, 0) is 0 Å². The molecule has 0 saturated carbocycles. The third kappa shape index (κ3) is 1.07. The first-order valence-corrected chi connectivity index (χ1v) is 2.74. The molecule has 0 bridgehead atoms. The topological polar surface area (TPSA) is 60.2 Å². The highest BCUT2D eigenvalue weighted by atomic mass is 16.3. The zero-order valence-electron chi connectivity index (χ0n) is 5.16. The first-order chi connectivity index (χ1) is 4.74. The molecule has 0 aliphatic rings. The van der Waals surface area contributed by atoms with E-state index in [1.54, 1.807) is 0 Å². The molecule has 0 amide bonds. The zero-order chi connectivity index (χ0) is 7.56. The number of hydrogen-bond acceptors (Lipinski definition) is 2. The first-order valence-electron chi connectivity index (χ1n) is 2.74. The minimum absolute atomic E-state index is 0.0330. The molecule has 0 spiro atoms. The van der Waals surface area contributed by atoms with Crippen molar-refractivity contribution in [2.75, 3.05) is 0 Å². The van der Waals surface area contributed by atoms with Gasteiger partial charge in [-0.15, -0.1) is 0 Å². The zero-order valence-corrected chi connectivity index (χ0v) is 5.16. The largest absolute Gasteiger partial charge is 0.591 e. The molecule has 1 aromatic carbocycles. The summed E-state index contributed by atoms with van der Waals surface area (Å²) in [6.45, 7) is 0. The number of aromatic hydroxyl groups is 1. The highest BCUT2D eigenvalue weighted by Crippen LogP contribution is 2.23. The molecule has 0 heterocycles. The summed E-state index contributed by atoms with van der Waals surface area (Å²) >= 11 is 0. The monoisotopic (exact) mass is 139 g/mol. The molecule has 0 fully saturated rings. The average molecular weight is 139 g/mol.